The lowest BCUT2D eigenvalue weighted by Gasteiger charge is -2.14. The Morgan fingerprint density at radius 1 is 0.833 bits per heavy atom. The third kappa shape index (κ3) is 10.6. The van der Waals surface area contributed by atoms with Gasteiger partial charge in [0.05, 0.1) is 25.4 Å². The molecule has 0 radical (unpaired) electrons. The van der Waals surface area contributed by atoms with E-state index >= 15 is 0 Å². The number of allylic oxidation sites excluding steroid dienone is 3. The molecule has 0 aliphatic carbocycles. The average Bonchev–Trinajstić information content (AvgIpc) is 2.54. The molecule has 0 rings (SSSR count). The van der Waals surface area contributed by atoms with E-state index in [0.717, 1.165) is 23.1 Å². The molecule has 0 saturated heterocycles. The number of aliphatic hydroxyl groups is 4. The summed E-state index contributed by atoms with van der Waals surface area (Å²) < 4.78 is 0. The van der Waals surface area contributed by atoms with Crippen LogP contribution in [0.15, 0.2) is 46.6 Å². The summed E-state index contributed by atoms with van der Waals surface area (Å²) >= 11 is 0. The molecule has 138 valence electrons. The van der Waals surface area contributed by atoms with Gasteiger partial charge in [-0.25, -0.2) is 0 Å². The van der Waals surface area contributed by atoms with Gasteiger partial charge in [0, 0.05) is 0 Å². The van der Waals surface area contributed by atoms with Crippen molar-refractivity contribution in [2.24, 2.45) is 0 Å². The Morgan fingerprint density at radius 3 is 2.00 bits per heavy atom. The highest BCUT2D eigenvalue weighted by molar-refractivity contribution is 5.14. The van der Waals surface area contributed by atoms with Gasteiger partial charge in [0.25, 0.3) is 0 Å². The van der Waals surface area contributed by atoms with Crippen LogP contribution in [0.3, 0.4) is 0 Å². The first-order chi connectivity index (χ1) is 11.3. The number of rotatable bonds is 11. The summed E-state index contributed by atoms with van der Waals surface area (Å²) in [5.74, 6) is 0. The normalized spacial score (nSPS) is 16.1. The van der Waals surface area contributed by atoms with Crippen LogP contribution in [0.4, 0.5) is 0 Å². The number of hydrogen-bond acceptors (Lipinski definition) is 4. The molecule has 0 heterocycles. The molecule has 2 atom stereocenters. The quantitative estimate of drug-likeness (QED) is 0.437. The summed E-state index contributed by atoms with van der Waals surface area (Å²) in [4.78, 5) is 0. The summed E-state index contributed by atoms with van der Waals surface area (Å²) in [5, 5.41) is 38.5. The first kappa shape index (κ1) is 22.8. The predicted octanol–water partition coefficient (Wildman–Crippen LogP) is 3.04. The van der Waals surface area contributed by atoms with E-state index in [4.69, 9.17) is 5.11 Å². The van der Waals surface area contributed by atoms with Gasteiger partial charge in [-0.05, 0) is 64.5 Å². The van der Waals surface area contributed by atoms with Crippen molar-refractivity contribution in [3.8, 4) is 0 Å². The second kappa shape index (κ2) is 13.1. The Morgan fingerprint density at radius 2 is 1.46 bits per heavy atom. The first-order valence-corrected chi connectivity index (χ1v) is 8.54. The van der Waals surface area contributed by atoms with Gasteiger partial charge in [-0.1, -0.05) is 35.5 Å². The van der Waals surface area contributed by atoms with Gasteiger partial charge < -0.3 is 20.4 Å². The Bertz CT molecular complexity index is 468. The third-order valence-corrected chi connectivity index (χ3v) is 3.93. The standard InChI is InChI=1S/C20H34O4/c1-15(2)8-10-19(23)17(4)9-11-20(24)18(14-22)7-5-6-16(3)12-13-21/h7-9,12,19-24H,5-6,10-11,13-14H2,1-4H3. The molecular weight excluding hydrogens is 304 g/mol. The molecule has 0 fully saturated rings. The van der Waals surface area contributed by atoms with Crippen LogP contribution in [-0.4, -0.2) is 45.8 Å². The fraction of sp³-hybridized carbons (Fsp3) is 0.600. The van der Waals surface area contributed by atoms with Crippen molar-refractivity contribution in [3.63, 3.8) is 0 Å². The molecule has 0 saturated carbocycles. The maximum Gasteiger partial charge on any atom is 0.0806 e. The summed E-state index contributed by atoms with van der Waals surface area (Å²) in [6.07, 6.45) is 8.56. The monoisotopic (exact) mass is 338 g/mol. The summed E-state index contributed by atoms with van der Waals surface area (Å²) in [6.45, 7) is 7.62. The molecule has 0 aromatic heterocycles. The van der Waals surface area contributed by atoms with Gasteiger partial charge in [-0.3, -0.25) is 0 Å². The Hall–Kier alpha value is -1.20. The van der Waals surface area contributed by atoms with E-state index in [9.17, 15) is 15.3 Å². The zero-order valence-corrected chi connectivity index (χ0v) is 15.5. The molecule has 0 aromatic carbocycles. The van der Waals surface area contributed by atoms with E-state index in [-0.39, 0.29) is 13.2 Å². The van der Waals surface area contributed by atoms with Gasteiger partial charge in [-0.2, -0.15) is 0 Å². The van der Waals surface area contributed by atoms with Crippen molar-refractivity contribution in [1.29, 1.82) is 0 Å². The lowest BCUT2D eigenvalue weighted by Crippen LogP contribution is -2.14. The van der Waals surface area contributed by atoms with E-state index in [1.807, 2.05) is 45.9 Å². The SMILES string of the molecule is CC(C)=CCC(O)C(C)=CCC(O)C(=CCCC(C)=CCO)CO. The summed E-state index contributed by atoms with van der Waals surface area (Å²) in [7, 11) is 0. The van der Waals surface area contributed by atoms with E-state index in [1.165, 1.54) is 0 Å². The van der Waals surface area contributed by atoms with Crippen molar-refractivity contribution in [2.75, 3.05) is 13.2 Å². The maximum absolute atomic E-state index is 10.2. The molecule has 4 nitrogen and oxygen atoms in total. The molecule has 0 amide bonds. The van der Waals surface area contributed by atoms with Gasteiger partial charge in [0.2, 0.25) is 0 Å². The van der Waals surface area contributed by atoms with Crippen LogP contribution in [0.5, 0.6) is 0 Å². The molecule has 4 heteroatoms. The van der Waals surface area contributed by atoms with Crippen LogP contribution in [0.2, 0.25) is 0 Å². The third-order valence-electron chi connectivity index (χ3n) is 3.93. The van der Waals surface area contributed by atoms with Crippen molar-refractivity contribution < 1.29 is 20.4 Å². The first-order valence-electron chi connectivity index (χ1n) is 8.54. The van der Waals surface area contributed by atoms with Gasteiger partial charge in [-0.15, -0.1) is 0 Å². The van der Waals surface area contributed by atoms with Crippen LogP contribution in [0, 0.1) is 0 Å². The van der Waals surface area contributed by atoms with E-state index in [1.54, 1.807) is 6.08 Å². The minimum atomic E-state index is -0.747. The zero-order valence-electron chi connectivity index (χ0n) is 15.5. The Labute approximate surface area is 146 Å². The van der Waals surface area contributed by atoms with Crippen molar-refractivity contribution in [3.05, 3.63) is 46.6 Å². The molecule has 0 bridgehead atoms. The minimum absolute atomic E-state index is 0.0319. The van der Waals surface area contributed by atoms with Gasteiger partial charge in [0.15, 0.2) is 0 Å². The van der Waals surface area contributed by atoms with Crippen LogP contribution < -0.4 is 0 Å². The second-order valence-electron chi connectivity index (χ2n) is 6.44. The Balaban J connectivity index is 4.58. The van der Waals surface area contributed by atoms with Crippen molar-refractivity contribution >= 4 is 0 Å². The van der Waals surface area contributed by atoms with Crippen LogP contribution in [0.25, 0.3) is 0 Å². The minimum Gasteiger partial charge on any atom is -0.392 e. The highest BCUT2D eigenvalue weighted by atomic mass is 16.3. The Kier molecular flexibility index (Phi) is 12.5. The van der Waals surface area contributed by atoms with E-state index in [0.29, 0.717) is 24.8 Å². The van der Waals surface area contributed by atoms with E-state index in [2.05, 4.69) is 0 Å². The molecule has 0 spiro atoms. The lowest BCUT2D eigenvalue weighted by molar-refractivity contribution is 0.187. The summed E-state index contributed by atoms with van der Waals surface area (Å²) in [6, 6.07) is 0. The van der Waals surface area contributed by atoms with Gasteiger partial charge in [0.1, 0.15) is 0 Å². The molecule has 4 N–H and O–H groups in total. The molecule has 24 heavy (non-hydrogen) atoms. The second-order valence-corrected chi connectivity index (χ2v) is 6.44. The van der Waals surface area contributed by atoms with Crippen molar-refractivity contribution in [2.45, 2.75) is 65.6 Å². The number of hydrogen-bond donors (Lipinski definition) is 4. The number of aliphatic hydroxyl groups excluding tert-OH is 4. The molecule has 0 aromatic rings. The topological polar surface area (TPSA) is 80.9 Å². The smallest absolute Gasteiger partial charge is 0.0806 e. The maximum atomic E-state index is 10.2. The van der Waals surface area contributed by atoms with Gasteiger partial charge >= 0.3 is 0 Å². The fourth-order valence-electron chi connectivity index (χ4n) is 2.17. The van der Waals surface area contributed by atoms with Crippen LogP contribution in [-0.2, 0) is 0 Å². The van der Waals surface area contributed by atoms with Crippen LogP contribution in [0.1, 0.15) is 53.4 Å². The van der Waals surface area contributed by atoms with Crippen LogP contribution >= 0.6 is 0 Å². The molecule has 0 aliphatic heterocycles. The molecule has 2 unspecified atom stereocenters. The fourth-order valence-corrected chi connectivity index (χ4v) is 2.17. The zero-order chi connectivity index (χ0) is 18.5. The molecule has 0 aliphatic rings. The summed E-state index contributed by atoms with van der Waals surface area (Å²) in [5.41, 5.74) is 3.66. The largest absolute Gasteiger partial charge is 0.392 e. The molecular formula is C20H34O4. The van der Waals surface area contributed by atoms with E-state index < -0.39 is 12.2 Å². The highest BCUT2D eigenvalue weighted by Gasteiger charge is 2.10. The lowest BCUT2D eigenvalue weighted by atomic mass is 10.0. The average molecular weight is 338 g/mol. The highest BCUT2D eigenvalue weighted by Crippen LogP contribution is 2.15. The van der Waals surface area contributed by atoms with Crippen molar-refractivity contribution in [1.82, 2.24) is 0 Å². The predicted molar refractivity (Wildman–Crippen MR) is 99.7 cm³/mol.